The van der Waals surface area contributed by atoms with E-state index >= 15 is 0 Å². The van der Waals surface area contributed by atoms with Gasteiger partial charge < -0.3 is 4.90 Å². The molecule has 1 radical (unpaired) electrons. The van der Waals surface area contributed by atoms with Crippen LogP contribution in [0.25, 0.3) is 0 Å². The monoisotopic (exact) mass is 144 g/mol. The molecule has 10 heavy (non-hydrogen) atoms. The molecule has 2 nitrogen and oxygen atoms in total. The molecular formula is C8H18NO. The van der Waals surface area contributed by atoms with Crippen LogP contribution in [-0.4, -0.2) is 30.6 Å². The molecule has 0 aliphatic heterocycles. The first-order chi connectivity index (χ1) is 4.76. The molecule has 1 unspecified atom stereocenters. The van der Waals surface area contributed by atoms with Crippen molar-refractivity contribution in [2.75, 3.05) is 19.7 Å². The molecule has 0 amide bonds. The van der Waals surface area contributed by atoms with Crippen molar-refractivity contribution in [3.63, 3.8) is 0 Å². The van der Waals surface area contributed by atoms with Crippen LogP contribution in [0.2, 0.25) is 0 Å². The van der Waals surface area contributed by atoms with Crippen molar-refractivity contribution >= 4 is 0 Å². The van der Waals surface area contributed by atoms with Crippen LogP contribution in [0, 0.1) is 0 Å². The third-order valence-corrected chi connectivity index (χ3v) is 1.97. The van der Waals surface area contributed by atoms with E-state index in [1.165, 1.54) is 0 Å². The number of nitrogens with zero attached hydrogens (tertiary/aromatic N) is 1. The minimum atomic E-state index is 0.0532. The molecule has 0 aromatic rings. The highest BCUT2D eigenvalue weighted by molar-refractivity contribution is 4.62. The van der Waals surface area contributed by atoms with E-state index in [1.54, 1.807) is 0 Å². The molecule has 0 rings (SSSR count). The lowest BCUT2D eigenvalue weighted by Gasteiger charge is -2.25. The lowest BCUT2D eigenvalue weighted by molar-refractivity contribution is 0.138. The average molecular weight is 144 g/mol. The quantitative estimate of drug-likeness (QED) is 0.574. The molecule has 0 fully saturated rings. The maximum atomic E-state index is 10.2. The van der Waals surface area contributed by atoms with Crippen molar-refractivity contribution in [3.8, 4) is 0 Å². The van der Waals surface area contributed by atoms with Gasteiger partial charge in [0.2, 0.25) is 0 Å². The molecule has 0 aliphatic rings. The van der Waals surface area contributed by atoms with Crippen molar-refractivity contribution in [1.29, 1.82) is 0 Å². The Labute approximate surface area is 63.8 Å². The highest BCUT2D eigenvalue weighted by Crippen LogP contribution is 2.01. The van der Waals surface area contributed by atoms with E-state index in [9.17, 15) is 5.11 Å². The summed E-state index contributed by atoms with van der Waals surface area (Å²) >= 11 is 0. The second kappa shape index (κ2) is 5.69. The van der Waals surface area contributed by atoms with Crippen LogP contribution in [0.15, 0.2) is 0 Å². The summed E-state index contributed by atoms with van der Waals surface area (Å²) in [5.41, 5.74) is 0. The lowest BCUT2D eigenvalue weighted by Crippen LogP contribution is -2.33. The van der Waals surface area contributed by atoms with Crippen molar-refractivity contribution in [2.45, 2.75) is 33.2 Å². The van der Waals surface area contributed by atoms with E-state index in [4.69, 9.17) is 0 Å². The van der Waals surface area contributed by atoms with Gasteiger partial charge in [-0.3, -0.25) is 0 Å². The summed E-state index contributed by atoms with van der Waals surface area (Å²) < 4.78 is 0. The van der Waals surface area contributed by atoms with Crippen LogP contribution in [0.5, 0.6) is 0 Å². The fourth-order valence-corrected chi connectivity index (χ4v) is 1.20. The first-order valence-electron chi connectivity index (χ1n) is 4.08. The van der Waals surface area contributed by atoms with Crippen LogP contribution in [0.1, 0.15) is 27.2 Å². The Morgan fingerprint density at radius 1 is 1.30 bits per heavy atom. The molecule has 2 heteroatoms. The first-order valence-corrected chi connectivity index (χ1v) is 4.08. The molecule has 0 N–H and O–H groups in total. The Morgan fingerprint density at radius 3 is 2.10 bits per heavy atom. The first kappa shape index (κ1) is 9.92. The van der Waals surface area contributed by atoms with Crippen LogP contribution >= 0.6 is 0 Å². The van der Waals surface area contributed by atoms with E-state index < -0.39 is 0 Å². The summed E-state index contributed by atoms with van der Waals surface area (Å²) in [6.07, 6.45) is 0.779. The summed E-state index contributed by atoms with van der Waals surface area (Å²) in [5.74, 6) is 0. The molecule has 0 heterocycles. The van der Waals surface area contributed by atoms with Gasteiger partial charge in [-0.1, -0.05) is 13.8 Å². The third kappa shape index (κ3) is 3.18. The molecule has 0 saturated heterocycles. The maximum absolute atomic E-state index is 10.2. The summed E-state index contributed by atoms with van der Waals surface area (Å²) in [4.78, 5) is 2.30. The van der Waals surface area contributed by atoms with Gasteiger partial charge in [-0.25, -0.2) is 5.11 Å². The molecule has 0 bridgehead atoms. The molecule has 0 saturated carbocycles. The number of hydrogen-bond donors (Lipinski definition) is 0. The van der Waals surface area contributed by atoms with Gasteiger partial charge in [0.05, 0.1) is 6.61 Å². The largest absolute Gasteiger partial charge is 0.301 e. The second-order valence-electron chi connectivity index (χ2n) is 2.56. The van der Waals surface area contributed by atoms with Crippen molar-refractivity contribution < 1.29 is 5.11 Å². The van der Waals surface area contributed by atoms with E-state index in [-0.39, 0.29) is 6.61 Å². The van der Waals surface area contributed by atoms with Crippen LogP contribution < -0.4 is 0 Å². The molecule has 61 valence electrons. The zero-order valence-corrected chi connectivity index (χ0v) is 7.26. The summed E-state index contributed by atoms with van der Waals surface area (Å²) in [6, 6.07) is 0.465. The van der Waals surface area contributed by atoms with Crippen LogP contribution in [-0.2, 0) is 5.11 Å². The Kier molecular flexibility index (Phi) is 5.64. The third-order valence-electron chi connectivity index (χ3n) is 1.97. The Morgan fingerprint density at radius 2 is 1.80 bits per heavy atom. The zero-order chi connectivity index (χ0) is 7.98. The number of hydrogen-bond acceptors (Lipinski definition) is 1. The minimum Gasteiger partial charge on any atom is -0.301 e. The Balaban J connectivity index is 3.53. The second-order valence-corrected chi connectivity index (χ2v) is 2.56. The van der Waals surface area contributed by atoms with E-state index in [0.29, 0.717) is 6.04 Å². The Bertz CT molecular complexity index is 71.7. The smallest absolute Gasteiger partial charge is 0.0837 e. The maximum Gasteiger partial charge on any atom is 0.0837 e. The van der Waals surface area contributed by atoms with Gasteiger partial charge in [0, 0.05) is 6.04 Å². The number of rotatable bonds is 5. The zero-order valence-electron chi connectivity index (χ0n) is 7.26. The van der Waals surface area contributed by atoms with Gasteiger partial charge >= 0.3 is 0 Å². The van der Waals surface area contributed by atoms with Gasteiger partial charge in [0.25, 0.3) is 0 Å². The van der Waals surface area contributed by atoms with E-state index in [0.717, 1.165) is 19.5 Å². The summed E-state index contributed by atoms with van der Waals surface area (Å²) in [6.45, 7) is 8.54. The van der Waals surface area contributed by atoms with Gasteiger partial charge in [0.1, 0.15) is 0 Å². The summed E-state index contributed by atoms with van der Waals surface area (Å²) in [5, 5.41) is 10.2. The Hall–Kier alpha value is -0.0800. The SMILES string of the molecule is CCN(CC)C(C)CC[O]. The molecule has 0 spiro atoms. The van der Waals surface area contributed by atoms with Gasteiger partial charge in [-0.2, -0.15) is 0 Å². The molecule has 0 aromatic carbocycles. The van der Waals surface area contributed by atoms with Crippen LogP contribution in [0.4, 0.5) is 0 Å². The van der Waals surface area contributed by atoms with Gasteiger partial charge in [-0.05, 0) is 26.4 Å². The van der Waals surface area contributed by atoms with Crippen molar-refractivity contribution in [3.05, 3.63) is 0 Å². The van der Waals surface area contributed by atoms with E-state index in [2.05, 4.69) is 25.7 Å². The fourth-order valence-electron chi connectivity index (χ4n) is 1.20. The lowest BCUT2D eigenvalue weighted by atomic mass is 10.2. The van der Waals surface area contributed by atoms with E-state index in [1.807, 2.05) is 0 Å². The molecule has 1 atom stereocenters. The van der Waals surface area contributed by atoms with Crippen molar-refractivity contribution in [2.24, 2.45) is 0 Å². The standard InChI is InChI=1S/C8H18NO/c1-4-9(5-2)8(3)6-7-10/h8H,4-7H2,1-3H3. The summed E-state index contributed by atoms with van der Waals surface area (Å²) in [7, 11) is 0. The molecule has 0 aromatic heterocycles. The van der Waals surface area contributed by atoms with Gasteiger partial charge in [0.15, 0.2) is 0 Å². The highest BCUT2D eigenvalue weighted by atomic mass is 16.3. The predicted octanol–water partition coefficient (Wildman–Crippen LogP) is 1.54. The highest BCUT2D eigenvalue weighted by Gasteiger charge is 2.07. The minimum absolute atomic E-state index is 0.0532. The molecular weight excluding hydrogens is 126 g/mol. The average Bonchev–Trinajstić information content (AvgIpc) is 1.91. The predicted molar refractivity (Wildman–Crippen MR) is 42.6 cm³/mol. The van der Waals surface area contributed by atoms with Crippen LogP contribution in [0.3, 0.4) is 0 Å². The normalized spacial score (nSPS) is 14.1. The topological polar surface area (TPSA) is 23.1 Å². The molecule has 0 aliphatic carbocycles. The fraction of sp³-hybridized carbons (Fsp3) is 1.00. The van der Waals surface area contributed by atoms with Gasteiger partial charge in [-0.15, -0.1) is 0 Å². The van der Waals surface area contributed by atoms with Crippen molar-refractivity contribution in [1.82, 2.24) is 4.90 Å².